The summed E-state index contributed by atoms with van der Waals surface area (Å²) in [7, 11) is 0. The van der Waals surface area contributed by atoms with E-state index in [1.54, 1.807) is 6.21 Å². The third-order valence-electron chi connectivity index (χ3n) is 6.94. The molecule has 2 bridgehead atoms. The summed E-state index contributed by atoms with van der Waals surface area (Å²) in [6.45, 7) is 0.410. The van der Waals surface area contributed by atoms with E-state index in [4.69, 9.17) is 4.74 Å². The number of hydrazone groups is 1. The number of allylic oxidation sites excluding steroid dienone is 2. The molecule has 5 heteroatoms. The number of imide groups is 1. The summed E-state index contributed by atoms with van der Waals surface area (Å²) >= 11 is 0. The van der Waals surface area contributed by atoms with Gasteiger partial charge < -0.3 is 4.74 Å². The van der Waals surface area contributed by atoms with Crippen LogP contribution < -0.4 is 4.74 Å². The average Bonchev–Trinajstić information content (AvgIpc) is 3.51. The van der Waals surface area contributed by atoms with Gasteiger partial charge in [-0.1, -0.05) is 66.7 Å². The first-order valence-corrected chi connectivity index (χ1v) is 11.0. The Kier molecular flexibility index (Phi) is 4.42. The van der Waals surface area contributed by atoms with Crippen LogP contribution in [-0.4, -0.2) is 23.0 Å². The highest BCUT2D eigenvalue weighted by Crippen LogP contribution is 2.52. The maximum atomic E-state index is 12.9. The van der Waals surface area contributed by atoms with Crippen molar-refractivity contribution < 1.29 is 14.3 Å². The molecule has 1 saturated heterocycles. The molecule has 2 fully saturated rings. The van der Waals surface area contributed by atoms with Gasteiger partial charge in [-0.3, -0.25) is 9.59 Å². The molecular weight excluding hydrogens is 400 g/mol. The molecule has 1 aliphatic heterocycles. The Hall–Kier alpha value is -3.73. The van der Waals surface area contributed by atoms with Gasteiger partial charge in [0.25, 0.3) is 11.8 Å². The van der Waals surface area contributed by atoms with E-state index in [0.29, 0.717) is 12.4 Å². The Labute approximate surface area is 186 Å². The van der Waals surface area contributed by atoms with Crippen molar-refractivity contribution in [2.24, 2.45) is 28.8 Å². The maximum Gasteiger partial charge on any atom is 0.254 e. The van der Waals surface area contributed by atoms with Gasteiger partial charge in [-0.25, -0.2) is 0 Å². The van der Waals surface area contributed by atoms with Crippen LogP contribution in [-0.2, 0) is 16.2 Å². The number of carbonyl (C=O) groups excluding carboxylic acids is 2. The number of para-hydroxylation sites is 1. The molecule has 0 radical (unpaired) electrons. The van der Waals surface area contributed by atoms with Crippen LogP contribution in [0, 0.1) is 23.7 Å². The van der Waals surface area contributed by atoms with Crippen molar-refractivity contribution in [2.75, 3.05) is 0 Å². The van der Waals surface area contributed by atoms with Crippen molar-refractivity contribution in [1.82, 2.24) is 5.01 Å². The minimum atomic E-state index is -0.243. The highest BCUT2D eigenvalue weighted by molar-refractivity contribution is 6.06. The maximum absolute atomic E-state index is 12.9. The molecule has 5 nitrogen and oxygen atoms in total. The van der Waals surface area contributed by atoms with Crippen molar-refractivity contribution in [2.45, 2.75) is 13.0 Å². The molecule has 3 aromatic rings. The van der Waals surface area contributed by atoms with Crippen LogP contribution in [0.5, 0.6) is 5.75 Å². The molecule has 0 N–H and O–H groups in total. The fraction of sp³-hybridized carbons (Fsp3) is 0.222. The zero-order valence-corrected chi connectivity index (χ0v) is 17.4. The third-order valence-corrected chi connectivity index (χ3v) is 6.94. The number of benzene rings is 3. The van der Waals surface area contributed by atoms with E-state index in [0.717, 1.165) is 27.9 Å². The van der Waals surface area contributed by atoms with Gasteiger partial charge in [0.05, 0.1) is 18.1 Å². The van der Waals surface area contributed by atoms with E-state index in [1.807, 2.05) is 42.5 Å². The summed E-state index contributed by atoms with van der Waals surface area (Å²) in [5.41, 5.74) is 1.82. The Morgan fingerprint density at radius 2 is 1.56 bits per heavy atom. The molecule has 1 heterocycles. The normalized spacial score (nSPS) is 25.9. The SMILES string of the molecule is O=C1C2C3C=CC(C3)C2C(=O)N1N=Cc1ccccc1OCc1cccc2ccccc12. The Morgan fingerprint density at radius 1 is 0.875 bits per heavy atom. The van der Waals surface area contributed by atoms with E-state index in [-0.39, 0.29) is 35.5 Å². The fourth-order valence-corrected chi connectivity index (χ4v) is 5.41. The monoisotopic (exact) mass is 422 g/mol. The molecule has 32 heavy (non-hydrogen) atoms. The minimum Gasteiger partial charge on any atom is -0.488 e. The highest BCUT2D eigenvalue weighted by Gasteiger charge is 2.59. The number of fused-ring (bicyclic) bond motifs is 6. The minimum absolute atomic E-state index is 0.178. The van der Waals surface area contributed by atoms with Crippen molar-refractivity contribution >= 4 is 28.8 Å². The topological polar surface area (TPSA) is 59.0 Å². The van der Waals surface area contributed by atoms with Crippen LogP contribution in [0.2, 0.25) is 0 Å². The number of carbonyl (C=O) groups is 2. The predicted octanol–water partition coefficient (Wildman–Crippen LogP) is 4.56. The van der Waals surface area contributed by atoms with Crippen molar-refractivity contribution in [3.05, 3.63) is 90.0 Å². The molecular formula is C27H22N2O3. The summed E-state index contributed by atoms with van der Waals surface area (Å²) in [5.74, 6) is 0.172. The van der Waals surface area contributed by atoms with Gasteiger partial charge in [0.15, 0.2) is 0 Å². The van der Waals surface area contributed by atoms with Gasteiger partial charge in [0.1, 0.15) is 12.4 Å². The van der Waals surface area contributed by atoms with E-state index >= 15 is 0 Å². The van der Waals surface area contributed by atoms with Gasteiger partial charge in [0.2, 0.25) is 0 Å². The first-order chi connectivity index (χ1) is 15.7. The van der Waals surface area contributed by atoms with E-state index in [9.17, 15) is 9.59 Å². The van der Waals surface area contributed by atoms with Gasteiger partial charge in [0, 0.05) is 5.56 Å². The lowest BCUT2D eigenvalue weighted by Gasteiger charge is -2.13. The largest absolute Gasteiger partial charge is 0.488 e. The van der Waals surface area contributed by atoms with Gasteiger partial charge >= 0.3 is 0 Å². The Balaban J connectivity index is 1.22. The molecule has 1 saturated carbocycles. The third kappa shape index (κ3) is 2.96. The molecule has 4 unspecified atom stereocenters. The van der Waals surface area contributed by atoms with Crippen LogP contribution >= 0.6 is 0 Å². The first-order valence-electron chi connectivity index (χ1n) is 11.0. The summed E-state index contributed by atoms with van der Waals surface area (Å²) < 4.78 is 6.13. The van der Waals surface area contributed by atoms with Crippen molar-refractivity contribution in [3.8, 4) is 5.75 Å². The quantitative estimate of drug-likeness (QED) is 0.344. The molecule has 3 aliphatic rings. The van der Waals surface area contributed by atoms with Gasteiger partial charge in [-0.05, 0) is 46.7 Å². The standard InChI is InChI=1S/C27H22N2O3/c30-26-24-18-12-13-19(14-18)25(24)27(31)29(26)28-15-20-7-2-4-11-23(20)32-16-21-9-5-8-17-6-1-3-10-22(17)21/h1-13,15,18-19,24-25H,14,16H2. The summed E-state index contributed by atoms with van der Waals surface area (Å²) in [4.78, 5) is 25.7. The van der Waals surface area contributed by atoms with Crippen LogP contribution in [0.1, 0.15) is 17.5 Å². The number of ether oxygens (including phenoxy) is 1. The second kappa shape index (κ2) is 7.45. The van der Waals surface area contributed by atoms with Crippen molar-refractivity contribution in [1.29, 1.82) is 0 Å². The molecule has 0 spiro atoms. The molecule has 0 aromatic heterocycles. The summed E-state index contributed by atoms with van der Waals surface area (Å²) in [6.07, 6.45) is 6.64. The lowest BCUT2D eigenvalue weighted by atomic mass is 9.85. The second-order valence-electron chi connectivity index (χ2n) is 8.70. The zero-order valence-electron chi connectivity index (χ0n) is 17.4. The average molecular weight is 422 g/mol. The molecule has 158 valence electrons. The Bertz CT molecular complexity index is 1260. The van der Waals surface area contributed by atoms with Crippen LogP contribution in [0.3, 0.4) is 0 Å². The fourth-order valence-electron chi connectivity index (χ4n) is 5.41. The van der Waals surface area contributed by atoms with E-state index in [2.05, 4.69) is 41.5 Å². The number of hydrogen-bond donors (Lipinski definition) is 0. The molecule has 6 rings (SSSR count). The van der Waals surface area contributed by atoms with Crippen molar-refractivity contribution in [3.63, 3.8) is 0 Å². The second-order valence-corrected chi connectivity index (χ2v) is 8.70. The number of hydrogen-bond acceptors (Lipinski definition) is 4. The Morgan fingerprint density at radius 3 is 2.38 bits per heavy atom. The van der Waals surface area contributed by atoms with Gasteiger partial charge in [-0.2, -0.15) is 10.1 Å². The zero-order chi connectivity index (χ0) is 21.7. The first kappa shape index (κ1) is 19.0. The smallest absolute Gasteiger partial charge is 0.254 e. The van der Waals surface area contributed by atoms with Crippen LogP contribution in [0.4, 0.5) is 0 Å². The number of nitrogens with zero attached hydrogens (tertiary/aromatic N) is 2. The molecule has 2 aliphatic carbocycles. The van der Waals surface area contributed by atoms with Crippen LogP contribution in [0.15, 0.2) is 84.0 Å². The molecule has 3 aromatic carbocycles. The van der Waals surface area contributed by atoms with Gasteiger partial charge in [-0.15, -0.1) is 0 Å². The highest BCUT2D eigenvalue weighted by atomic mass is 16.5. The predicted molar refractivity (Wildman–Crippen MR) is 122 cm³/mol. The number of rotatable bonds is 5. The van der Waals surface area contributed by atoms with Crippen LogP contribution in [0.25, 0.3) is 10.8 Å². The van der Waals surface area contributed by atoms with E-state index in [1.165, 1.54) is 5.39 Å². The summed E-state index contributed by atoms with van der Waals surface area (Å²) in [6, 6.07) is 21.9. The lowest BCUT2D eigenvalue weighted by molar-refractivity contribution is -0.140. The summed E-state index contributed by atoms with van der Waals surface area (Å²) in [5, 5.41) is 7.70. The molecule has 4 atom stereocenters. The van der Waals surface area contributed by atoms with E-state index < -0.39 is 0 Å². The lowest BCUT2D eigenvalue weighted by Crippen LogP contribution is -2.28. The molecule has 2 amide bonds. The number of amides is 2.